The van der Waals surface area contributed by atoms with E-state index in [0.717, 1.165) is 4.90 Å². The summed E-state index contributed by atoms with van der Waals surface area (Å²) in [7, 11) is 0. The predicted octanol–water partition coefficient (Wildman–Crippen LogP) is 0.890. The van der Waals surface area contributed by atoms with Crippen LogP contribution in [-0.2, 0) is 19.2 Å². The summed E-state index contributed by atoms with van der Waals surface area (Å²) in [5.41, 5.74) is 0.495. The third-order valence-electron chi connectivity index (χ3n) is 3.87. The Morgan fingerprint density at radius 1 is 1.42 bits per heavy atom. The molecule has 2 bridgehead atoms. The molecule has 8 nitrogen and oxygen atoms in total. The van der Waals surface area contributed by atoms with Gasteiger partial charge in [0.1, 0.15) is 0 Å². The summed E-state index contributed by atoms with van der Waals surface area (Å²) < 4.78 is 55.0. The van der Waals surface area contributed by atoms with Crippen molar-refractivity contribution in [2.24, 2.45) is 0 Å². The standard InChI is InChI=1S/C14H17F4N3O5/c1-3-25-11(22)10(15)26-21-8-4-7(2)9(20(6-8)13(21)24)5-19-12(23)14(16,17)18/h4,8-10H,3,5-6H2,1-2H3,(H,19,23)/t8-,9+,10+/m0/s1. The first-order valence-corrected chi connectivity index (χ1v) is 7.66. The largest absolute Gasteiger partial charge is 0.471 e. The number of carbonyl (C=O) groups excluding carboxylic acids is 3. The molecule has 146 valence electrons. The average Bonchev–Trinajstić information content (AvgIpc) is 2.79. The molecule has 0 aromatic rings. The summed E-state index contributed by atoms with van der Waals surface area (Å²) in [4.78, 5) is 40.4. The molecule has 0 unspecified atom stereocenters. The summed E-state index contributed by atoms with van der Waals surface area (Å²) in [5, 5.41) is 2.35. The zero-order valence-electron chi connectivity index (χ0n) is 13.9. The lowest BCUT2D eigenvalue weighted by Crippen LogP contribution is -2.49. The fourth-order valence-electron chi connectivity index (χ4n) is 2.70. The smallest absolute Gasteiger partial charge is 0.462 e. The maximum absolute atomic E-state index is 13.7. The van der Waals surface area contributed by atoms with E-state index in [1.807, 2.05) is 0 Å². The minimum absolute atomic E-state index is 0.0122. The molecule has 1 N–H and O–H groups in total. The Hall–Kier alpha value is -2.37. The molecular weight excluding hydrogens is 366 g/mol. The van der Waals surface area contributed by atoms with E-state index in [9.17, 15) is 31.9 Å². The van der Waals surface area contributed by atoms with Gasteiger partial charge in [-0.2, -0.15) is 18.2 Å². The van der Waals surface area contributed by atoms with Crippen molar-refractivity contribution in [3.63, 3.8) is 0 Å². The Morgan fingerprint density at radius 3 is 2.65 bits per heavy atom. The molecule has 0 aromatic carbocycles. The van der Waals surface area contributed by atoms with Crippen LogP contribution in [0.25, 0.3) is 0 Å². The van der Waals surface area contributed by atoms with Gasteiger partial charge >= 0.3 is 30.4 Å². The molecule has 26 heavy (non-hydrogen) atoms. The molecule has 3 amide bonds. The number of nitrogens with one attached hydrogen (secondary N) is 1. The van der Waals surface area contributed by atoms with Crippen LogP contribution in [0, 0.1) is 0 Å². The van der Waals surface area contributed by atoms with Crippen LogP contribution in [0.2, 0.25) is 0 Å². The van der Waals surface area contributed by atoms with Gasteiger partial charge in [-0.15, -0.1) is 0 Å². The topological polar surface area (TPSA) is 88.2 Å². The van der Waals surface area contributed by atoms with Crippen LogP contribution in [0.15, 0.2) is 11.6 Å². The molecule has 0 aromatic heterocycles. The zero-order chi connectivity index (χ0) is 19.6. The second-order valence-corrected chi connectivity index (χ2v) is 5.64. The van der Waals surface area contributed by atoms with Crippen LogP contribution in [-0.4, -0.2) is 72.2 Å². The number of urea groups is 1. The van der Waals surface area contributed by atoms with E-state index in [1.54, 1.807) is 12.2 Å². The fourth-order valence-corrected chi connectivity index (χ4v) is 2.70. The van der Waals surface area contributed by atoms with Crippen LogP contribution in [0.3, 0.4) is 0 Å². The summed E-state index contributed by atoms with van der Waals surface area (Å²) in [5.74, 6) is -3.43. The van der Waals surface area contributed by atoms with Crippen molar-refractivity contribution in [3.8, 4) is 0 Å². The highest BCUT2D eigenvalue weighted by molar-refractivity contribution is 5.82. The van der Waals surface area contributed by atoms with Gasteiger partial charge in [-0.05, 0) is 13.8 Å². The lowest BCUT2D eigenvalue weighted by Gasteiger charge is -2.30. The molecule has 2 aliphatic heterocycles. The van der Waals surface area contributed by atoms with E-state index >= 15 is 0 Å². The van der Waals surface area contributed by atoms with Gasteiger partial charge in [0.25, 0.3) is 0 Å². The third-order valence-corrected chi connectivity index (χ3v) is 3.87. The molecule has 0 radical (unpaired) electrons. The van der Waals surface area contributed by atoms with Crippen molar-refractivity contribution in [1.82, 2.24) is 15.3 Å². The SMILES string of the molecule is CCOC(=O)[C@H](F)ON1C(=O)N2C[C@@H]1C=C(C)[C@H]2CNC(=O)C(F)(F)F. The molecule has 12 heteroatoms. The van der Waals surface area contributed by atoms with Gasteiger partial charge in [0.15, 0.2) is 0 Å². The zero-order valence-corrected chi connectivity index (χ0v) is 13.9. The minimum atomic E-state index is -5.04. The summed E-state index contributed by atoms with van der Waals surface area (Å²) >= 11 is 0. The molecule has 2 rings (SSSR count). The maximum atomic E-state index is 13.7. The number of esters is 1. The van der Waals surface area contributed by atoms with Gasteiger partial charge in [-0.25, -0.2) is 18.8 Å². The molecular formula is C14H17F4N3O5. The molecule has 0 saturated carbocycles. The van der Waals surface area contributed by atoms with E-state index in [0.29, 0.717) is 10.6 Å². The number of alkyl halides is 4. The van der Waals surface area contributed by atoms with Crippen molar-refractivity contribution >= 4 is 17.9 Å². The average molecular weight is 383 g/mol. The van der Waals surface area contributed by atoms with Crippen LogP contribution < -0.4 is 5.32 Å². The monoisotopic (exact) mass is 383 g/mol. The van der Waals surface area contributed by atoms with Gasteiger partial charge in [-0.1, -0.05) is 11.6 Å². The Bertz CT molecular complexity index is 624. The normalized spacial score (nSPS) is 23.6. The molecule has 2 aliphatic rings. The number of amides is 3. The Morgan fingerprint density at radius 2 is 2.08 bits per heavy atom. The highest BCUT2D eigenvalue weighted by Gasteiger charge is 2.47. The molecule has 3 atom stereocenters. The van der Waals surface area contributed by atoms with Crippen LogP contribution >= 0.6 is 0 Å². The highest BCUT2D eigenvalue weighted by Crippen LogP contribution is 2.30. The third kappa shape index (κ3) is 4.06. The van der Waals surface area contributed by atoms with Gasteiger partial charge in [0.05, 0.1) is 18.7 Å². The number of halogens is 4. The van der Waals surface area contributed by atoms with Crippen molar-refractivity contribution in [2.75, 3.05) is 19.7 Å². The van der Waals surface area contributed by atoms with Crippen molar-refractivity contribution in [1.29, 1.82) is 0 Å². The number of rotatable bonds is 6. The van der Waals surface area contributed by atoms with Crippen LogP contribution in [0.4, 0.5) is 22.4 Å². The van der Waals surface area contributed by atoms with E-state index in [1.165, 1.54) is 13.0 Å². The highest BCUT2D eigenvalue weighted by atomic mass is 19.4. The van der Waals surface area contributed by atoms with E-state index in [4.69, 9.17) is 4.84 Å². The number of fused-ring (bicyclic) bond motifs is 2. The number of hydroxylamine groups is 2. The fraction of sp³-hybridized carbons (Fsp3) is 0.643. The molecule has 0 aliphatic carbocycles. The summed E-state index contributed by atoms with van der Waals surface area (Å²) in [6.45, 7) is 2.49. The maximum Gasteiger partial charge on any atom is 0.471 e. The number of hydrogen-bond donors (Lipinski definition) is 1. The predicted molar refractivity (Wildman–Crippen MR) is 77.0 cm³/mol. The van der Waals surface area contributed by atoms with Gasteiger partial charge < -0.3 is 15.0 Å². The summed E-state index contributed by atoms with van der Waals surface area (Å²) in [6, 6.07) is -2.40. The Kier molecular flexibility index (Phi) is 5.74. The number of nitrogens with zero attached hydrogens (tertiary/aromatic N) is 2. The van der Waals surface area contributed by atoms with Gasteiger partial charge in [0, 0.05) is 13.1 Å². The van der Waals surface area contributed by atoms with Crippen LogP contribution in [0.5, 0.6) is 0 Å². The Labute approximate surface area is 145 Å². The first-order chi connectivity index (χ1) is 12.1. The first kappa shape index (κ1) is 19.9. The first-order valence-electron chi connectivity index (χ1n) is 7.66. The molecule has 0 spiro atoms. The minimum Gasteiger partial charge on any atom is -0.462 e. The quantitative estimate of drug-likeness (QED) is 0.418. The van der Waals surface area contributed by atoms with Gasteiger partial charge in [0.2, 0.25) is 0 Å². The number of hydrogen-bond acceptors (Lipinski definition) is 5. The van der Waals surface area contributed by atoms with Crippen LogP contribution in [0.1, 0.15) is 13.8 Å². The van der Waals surface area contributed by atoms with E-state index in [2.05, 4.69) is 4.74 Å². The number of ether oxygens (including phenoxy) is 1. The molecule has 2 heterocycles. The van der Waals surface area contributed by atoms with Gasteiger partial charge in [-0.3, -0.25) is 4.79 Å². The lowest BCUT2D eigenvalue weighted by molar-refractivity contribution is -0.223. The van der Waals surface area contributed by atoms with Crippen molar-refractivity contribution in [3.05, 3.63) is 11.6 Å². The lowest BCUT2D eigenvalue weighted by atomic mass is 10.0. The second kappa shape index (κ2) is 7.48. The van der Waals surface area contributed by atoms with E-state index in [-0.39, 0.29) is 13.2 Å². The molecule has 1 saturated heterocycles. The summed E-state index contributed by atoms with van der Waals surface area (Å²) in [6.07, 6.45) is -6.06. The van der Waals surface area contributed by atoms with E-state index < -0.39 is 49.1 Å². The molecule has 1 fully saturated rings. The number of carbonyl (C=O) groups is 3. The Balaban J connectivity index is 2.04. The second-order valence-electron chi connectivity index (χ2n) is 5.64. The van der Waals surface area contributed by atoms with Crippen molar-refractivity contribution in [2.45, 2.75) is 38.5 Å². The van der Waals surface area contributed by atoms with Crippen molar-refractivity contribution < 1.29 is 41.5 Å².